The highest BCUT2D eigenvalue weighted by Crippen LogP contribution is 2.25. The molecule has 19 heavy (non-hydrogen) atoms. The average molecular weight is 269 g/mol. The first-order valence-corrected chi connectivity index (χ1v) is 6.49. The van der Waals surface area contributed by atoms with E-state index in [1.165, 1.54) is 11.1 Å². The quantitative estimate of drug-likeness (QED) is 0.669. The molecule has 0 radical (unpaired) electrons. The molecule has 3 heteroatoms. The smallest absolute Gasteiger partial charge is 0.0831 e. The summed E-state index contributed by atoms with van der Waals surface area (Å²) in [6, 6.07) is 16.0. The lowest BCUT2D eigenvalue weighted by molar-refractivity contribution is 0.881. The Hall–Kier alpha value is -2.06. The summed E-state index contributed by atoms with van der Waals surface area (Å²) in [5, 5.41) is 5.09. The third kappa shape index (κ3) is 2.27. The van der Waals surface area contributed by atoms with Gasteiger partial charge in [-0.1, -0.05) is 48.0 Å². The first kappa shape index (κ1) is 12.0. The third-order valence-electron chi connectivity index (χ3n) is 3.14. The minimum atomic E-state index is 0.696. The van der Waals surface area contributed by atoms with Crippen molar-refractivity contribution in [2.24, 2.45) is 0 Å². The predicted octanol–water partition coefficient (Wildman–Crippen LogP) is 4.50. The number of aromatic nitrogens is 2. The molecular weight excluding hydrogens is 256 g/mol. The predicted molar refractivity (Wildman–Crippen MR) is 78.7 cm³/mol. The van der Waals surface area contributed by atoms with Crippen LogP contribution in [0.2, 0.25) is 5.02 Å². The van der Waals surface area contributed by atoms with Crippen molar-refractivity contribution < 1.29 is 0 Å². The standard InChI is InChI=1S/C16H13ClN2/c1-12-6-2-3-7-14(12)13-10-18-19(11-13)16-9-5-4-8-15(16)17/h2-11H,1H3. The van der Waals surface area contributed by atoms with Gasteiger partial charge in [-0.25, -0.2) is 4.68 Å². The van der Waals surface area contributed by atoms with Crippen molar-refractivity contribution in [3.05, 3.63) is 71.5 Å². The molecule has 3 aromatic rings. The van der Waals surface area contributed by atoms with E-state index >= 15 is 0 Å². The van der Waals surface area contributed by atoms with Gasteiger partial charge >= 0.3 is 0 Å². The van der Waals surface area contributed by atoms with Crippen LogP contribution in [0.5, 0.6) is 0 Å². The summed E-state index contributed by atoms with van der Waals surface area (Å²) >= 11 is 6.18. The Labute approximate surface area is 117 Å². The fraction of sp³-hybridized carbons (Fsp3) is 0.0625. The maximum absolute atomic E-state index is 6.18. The van der Waals surface area contributed by atoms with Gasteiger partial charge in [0.25, 0.3) is 0 Å². The van der Waals surface area contributed by atoms with Crippen molar-refractivity contribution in [3.63, 3.8) is 0 Å². The molecule has 0 atom stereocenters. The number of benzene rings is 2. The number of halogens is 1. The van der Waals surface area contributed by atoms with Crippen LogP contribution in [0.25, 0.3) is 16.8 Å². The second-order valence-electron chi connectivity index (χ2n) is 4.44. The molecule has 0 aliphatic rings. The molecule has 0 fully saturated rings. The minimum absolute atomic E-state index is 0.696. The molecule has 0 saturated carbocycles. The lowest BCUT2D eigenvalue weighted by Crippen LogP contribution is -1.94. The topological polar surface area (TPSA) is 17.8 Å². The summed E-state index contributed by atoms with van der Waals surface area (Å²) in [4.78, 5) is 0. The molecule has 2 aromatic carbocycles. The highest BCUT2D eigenvalue weighted by Gasteiger charge is 2.07. The van der Waals surface area contributed by atoms with Crippen LogP contribution in [-0.2, 0) is 0 Å². The molecule has 1 heterocycles. The van der Waals surface area contributed by atoms with Crippen molar-refractivity contribution in [3.8, 4) is 16.8 Å². The Morgan fingerprint density at radius 1 is 1.00 bits per heavy atom. The zero-order valence-electron chi connectivity index (χ0n) is 10.5. The minimum Gasteiger partial charge on any atom is -0.239 e. The van der Waals surface area contributed by atoms with Crippen molar-refractivity contribution in [1.82, 2.24) is 9.78 Å². The molecule has 0 saturated heterocycles. The van der Waals surface area contributed by atoms with Gasteiger partial charge in [0.1, 0.15) is 0 Å². The third-order valence-corrected chi connectivity index (χ3v) is 3.46. The highest BCUT2D eigenvalue weighted by atomic mass is 35.5. The van der Waals surface area contributed by atoms with Gasteiger partial charge in [-0.05, 0) is 30.2 Å². The van der Waals surface area contributed by atoms with E-state index in [0.29, 0.717) is 5.02 Å². The van der Waals surface area contributed by atoms with Crippen molar-refractivity contribution >= 4 is 11.6 Å². The maximum Gasteiger partial charge on any atom is 0.0831 e. The summed E-state index contributed by atoms with van der Waals surface area (Å²) in [6.07, 6.45) is 3.87. The number of aryl methyl sites for hydroxylation is 1. The molecule has 2 nitrogen and oxygen atoms in total. The Morgan fingerprint density at radius 3 is 2.53 bits per heavy atom. The van der Waals surface area contributed by atoms with E-state index < -0.39 is 0 Å². The van der Waals surface area contributed by atoms with Gasteiger partial charge in [0.05, 0.1) is 16.9 Å². The Bertz CT molecular complexity index is 656. The summed E-state index contributed by atoms with van der Waals surface area (Å²) in [6.45, 7) is 2.10. The van der Waals surface area contributed by atoms with E-state index in [1.807, 2.05) is 53.5 Å². The molecule has 0 bridgehead atoms. The fourth-order valence-corrected chi connectivity index (χ4v) is 2.35. The molecule has 3 rings (SSSR count). The van der Waals surface area contributed by atoms with Crippen LogP contribution in [0, 0.1) is 6.92 Å². The van der Waals surface area contributed by atoms with Crippen molar-refractivity contribution in [2.45, 2.75) is 6.92 Å². The number of nitrogens with zero attached hydrogens (tertiary/aromatic N) is 2. The van der Waals surface area contributed by atoms with E-state index in [1.54, 1.807) is 0 Å². The van der Waals surface area contributed by atoms with Crippen LogP contribution < -0.4 is 0 Å². The number of rotatable bonds is 2. The molecule has 0 unspecified atom stereocenters. The molecule has 0 N–H and O–H groups in total. The number of hydrogen-bond acceptors (Lipinski definition) is 1. The molecule has 0 spiro atoms. The van der Waals surface area contributed by atoms with Crippen LogP contribution >= 0.6 is 11.6 Å². The zero-order chi connectivity index (χ0) is 13.2. The molecular formula is C16H13ClN2. The van der Waals surface area contributed by atoms with Crippen LogP contribution in [0.15, 0.2) is 60.9 Å². The van der Waals surface area contributed by atoms with E-state index in [4.69, 9.17) is 11.6 Å². The largest absolute Gasteiger partial charge is 0.239 e. The first-order chi connectivity index (χ1) is 9.25. The second-order valence-corrected chi connectivity index (χ2v) is 4.85. The van der Waals surface area contributed by atoms with Gasteiger partial charge in [0.15, 0.2) is 0 Å². The normalized spacial score (nSPS) is 10.6. The van der Waals surface area contributed by atoms with Gasteiger partial charge < -0.3 is 0 Å². The van der Waals surface area contributed by atoms with Gasteiger partial charge in [0.2, 0.25) is 0 Å². The fourth-order valence-electron chi connectivity index (χ4n) is 2.13. The van der Waals surface area contributed by atoms with Crippen LogP contribution in [0.3, 0.4) is 0 Å². The molecule has 0 aliphatic carbocycles. The number of hydrogen-bond donors (Lipinski definition) is 0. The molecule has 0 amide bonds. The van der Waals surface area contributed by atoms with Gasteiger partial charge in [0, 0.05) is 11.8 Å². The second kappa shape index (κ2) is 4.90. The van der Waals surface area contributed by atoms with Crippen LogP contribution in [0.1, 0.15) is 5.56 Å². The Balaban J connectivity index is 2.06. The van der Waals surface area contributed by atoms with Crippen molar-refractivity contribution in [2.75, 3.05) is 0 Å². The SMILES string of the molecule is Cc1ccccc1-c1cnn(-c2ccccc2Cl)c1. The molecule has 1 aromatic heterocycles. The summed E-state index contributed by atoms with van der Waals surface area (Å²) in [5.74, 6) is 0. The molecule has 94 valence electrons. The monoisotopic (exact) mass is 268 g/mol. The van der Waals surface area contributed by atoms with Crippen LogP contribution in [-0.4, -0.2) is 9.78 Å². The molecule has 0 aliphatic heterocycles. The first-order valence-electron chi connectivity index (χ1n) is 6.11. The van der Waals surface area contributed by atoms with E-state index in [2.05, 4.69) is 24.2 Å². The number of para-hydroxylation sites is 1. The van der Waals surface area contributed by atoms with E-state index in [0.717, 1.165) is 11.3 Å². The van der Waals surface area contributed by atoms with Gasteiger partial charge in [-0.2, -0.15) is 5.10 Å². The lowest BCUT2D eigenvalue weighted by Gasteiger charge is -2.03. The van der Waals surface area contributed by atoms with Gasteiger partial charge in [-0.3, -0.25) is 0 Å². The van der Waals surface area contributed by atoms with Crippen LogP contribution in [0.4, 0.5) is 0 Å². The Morgan fingerprint density at radius 2 is 1.74 bits per heavy atom. The summed E-state index contributed by atoms with van der Waals surface area (Å²) < 4.78 is 1.81. The zero-order valence-corrected chi connectivity index (χ0v) is 11.3. The lowest BCUT2D eigenvalue weighted by atomic mass is 10.0. The highest BCUT2D eigenvalue weighted by molar-refractivity contribution is 6.32. The maximum atomic E-state index is 6.18. The Kier molecular flexibility index (Phi) is 3.10. The van der Waals surface area contributed by atoms with Gasteiger partial charge in [-0.15, -0.1) is 0 Å². The average Bonchev–Trinajstić information content (AvgIpc) is 2.89. The van der Waals surface area contributed by atoms with E-state index in [9.17, 15) is 0 Å². The van der Waals surface area contributed by atoms with E-state index in [-0.39, 0.29) is 0 Å². The summed E-state index contributed by atoms with van der Waals surface area (Å²) in [5.41, 5.74) is 4.42. The van der Waals surface area contributed by atoms with Crippen molar-refractivity contribution in [1.29, 1.82) is 0 Å². The summed E-state index contributed by atoms with van der Waals surface area (Å²) in [7, 11) is 0.